The summed E-state index contributed by atoms with van der Waals surface area (Å²) >= 11 is 6.34. The van der Waals surface area contributed by atoms with Crippen LogP contribution in [-0.4, -0.2) is 64.7 Å². The van der Waals surface area contributed by atoms with E-state index in [1.165, 1.54) is 4.90 Å². The first-order chi connectivity index (χ1) is 18.5. The molecule has 0 radical (unpaired) electrons. The van der Waals surface area contributed by atoms with Crippen molar-refractivity contribution in [2.45, 2.75) is 37.4 Å². The number of hydrogen-bond acceptors (Lipinski definition) is 4. The van der Waals surface area contributed by atoms with Gasteiger partial charge in [-0.05, 0) is 36.1 Å². The molecule has 2 aliphatic rings. The Morgan fingerprint density at radius 1 is 1.10 bits per heavy atom. The Bertz CT molecular complexity index is 1340. The fourth-order valence-corrected chi connectivity index (χ4v) is 5.69. The molecule has 0 aliphatic carbocycles. The minimum atomic E-state index is -4.20. The Morgan fingerprint density at radius 3 is 2.46 bits per heavy atom. The van der Waals surface area contributed by atoms with Gasteiger partial charge in [0.2, 0.25) is 0 Å². The molecule has 39 heavy (non-hydrogen) atoms. The van der Waals surface area contributed by atoms with Gasteiger partial charge in [0.25, 0.3) is 6.43 Å². The number of carboxylic acid groups (broad SMARTS) is 1. The van der Waals surface area contributed by atoms with Crippen LogP contribution in [0, 0.1) is 0 Å². The van der Waals surface area contributed by atoms with E-state index in [-0.39, 0.29) is 5.92 Å². The first-order valence-electron chi connectivity index (χ1n) is 12.5. The van der Waals surface area contributed by atoms with E-state index in [2.05, 4.69) is 5.10 Å². The molecule has 3 aromatic rings. The number of nitrogens with zero attached hydrogens (tertiary/aromatic N) is 4. The summed E-state index contributed by atoms with van der Waals surface area (Å²) in [7, 11) is 0. The number of rotatable bonds is 7. The van der Waals surface area contributed by atoms with Gasteiger partial charge in [0.1, 0.15) is 11.3 Å². The summed E-state index contributed by atoms with van der Waals surface area (Å²) in [6.07, 6.45) is -4.97. The molecule has 2 aromatic carbocycles. The van der Waals surface area contributed by atoms with E-state index in [9.17, 15) is 31.9 Å². The van der Waals surface area contributed by atoms with Crippen LogP contribution in [0.2, 0.25) is 5.02 Å². The van der Waals surface area contributed by atoms with Gasteiger partial charge in [0.05, 0.1) is 18.8 Å². The topological polar surface area (TPSA) is 61.6 Å². The number of carboxylic acids is 1. The molecular formula is C27H26ClF5N4O2. The third-order valence-electron chi connectivity index (χ3n) is 7.37. The number of halogens is 6. The maximum absolute atomic E-state index is 13.8. The number of anilines is 1. The average molecular weight is 569 g/mol. The zero-order valence-corrected chi connectivity index (χ0v) is 21.5. The fourth-order valence-electron chi connectivity index (χ4n) is 5.53. The number of benzene rings is 2. The maximum Gasteiger partial charge on any atom is 0.401 e. The molecule has 2 aliphatic heterocycles. The second-order valence-electron chi connectivity index (χ2n) is 10.0. The molecule has 12 heteroatoms. The number of carbonyl (C=O) groups is 1. The van der Waals surface area contributed by atoms with Gasteiger partial charge >= 0.3 is 12.1 Å². The predicted octanol–water partition coefficient (Wildman–Crippen LogP) is 6.64. The average Bonchev–Trinajstić information content (AvgIpc) is 3.32. The van der Waals surface area contributed by atoms with Crippen molar-refractivity contribution in [3.05, 3.63) is 70.5 Å². The molecule has 0 saturated carbocycles. The van der Waals surface area contributed by atoms with Crippen molar-refractivity contribution >= 4 is 23.3 Å². The van der Waals surface area contributed by atoms with Crippen LogP contribution >= 0.6 is 11.6 Å². The summed E-state index contributed by atoms with van der Waals surface area (Å²) in [6.45, 7) is 0.802. The van der Waals surface area contributed by atoms with Crippen LogP contribution in [0.25, 0.3) is 11.1 Å². The number of aromatic carboxylic acids is 1. The molecule has 0 amide bonds. The molecule has 1 unspecified atom stereocenters. The van der Waals surface area contributed by atoms with E-state index < -0.39 is 42.4 Å². The molecule has 0 spiro atoms. The molecule has 1 N–H and O–H groups in total. The summed E-state index contributed by atoms with van der Waals surface area (Å²) in [5.41, 5.74) is 2.45. The number of aromatic nitrogens is 2. The lowest BCUT2D eigenvalue weighted by molar-refractivity contribution is -0.154. The number of piperidine rings is 1. The van der Waals surface area contributed by atoms with Crippen LogP contribution in [0.1, 0.15) is 52.8 Å². The summed E-state index contributed by atoms with van der Waals surface area (Å²) in [5, 5.41) is 13.8. The van der Waals surface area contributed by atoms with Crippen LogP contribution in [0.15, 0.2) is 48.7 Å². The first-order valence-corrected chi connectivity index (χ1v) is 12.9. The monoisotopic (exact) mass is 568 g/mol. The SMILES string of the molecule is O=C(O)c1cnn(C2CCCN(c3cc(Cl)ccc3-c3ccc(C4CN(CC(F)(F)F)C4)cc3)C2)c1C(F)F. The quantitative estimate of drug-likeness (QED) is 0.324. The largest absolute Gasteiger partial charge is 0.478 e. The third kappa shape index (κ3) is 5.89. The van der Waals surface area contributed by atoms with Gasteiger partial charge < -0.3 is 10.0 Å². The zero-order chi connectivity index (χ0) is 27.9. The zero-order valence-electron chi connectivity index (χ0n) is 20.7. The van der Waals surface area contributed by atoms with E-state index in [4.69, 9.17) is 11.6 Å². The van der Waals surface area contributed by atoms with Gasteiger partial charge in [-0.2, -0.15) is 18.3 Å². The van der Waals surface area contributed by atoms with Crippen molar-refractivity contribution < 1.29 is 31.9 Å². The molecule has 2 fully saturated rings. The van der Waals surface area contributed by atoms with Gasteiger partial charge in [-0.25, -0.2) is 13.6 Å². The van der Waals surface area contributed by atoms with Gasteiger partial charge in [0.15, 0.2) is 0 Å². The highest BCUT2D eigenvalue weighted by Gasteiger charge is 2.37. The van der Waals surface area contributed by atoms with Gasteiger partial charge in [-0.3, -0.25) is 9.58 Å². The highest BCUT2D eigenvalue weighted by atomic mass is 35.5. The van der Waals surface area contributed by atoms with Crippen molar-refractivity contribution in [3.63, 3.8) is 0 Å². The third-order valence-corrected chi connectivity index (χ3v) is 7.60. The molecule has 208 valence electrons. The summed E-state index contributed by atoms with van der Waals surface area (Å²) in [5.74, 6) is -1.40. The van der Waals surface area contributed by atoms with E-state index in [1.807, 2.05) is 41.3 Å². The van der Waals surface area contributed by atoms with Crippen LogP contribution < -0.4 is 4.90 Å². The van der Waals surface area contributed by atoms with Gasteiger partial charge in [0, 0.05) is 48.4 Å². The Morgan fingerprint density at radius 2 is 1.82 bits per heavy atom. The number of likely N-dealkylation sites (tertiary alicyclic amines) is 1. The first kappa shape index (κ1) is 27.4. The molecule has 0 bridgehead atoms. The lowest BCUT2D eigenvalue weighted by Gasteiger charge is -2.40. The molecule has 6 nitrogen and oxygen atoms in total. The van der Waals surface area contributed by atoms with Crippen molar-refractivity contribution in [2.75, 3.05) is 37.6 Å². The summed E-state index contributed by atoms with van der Waals surface area (Å²) < 4.78 is 66.6. The second-order valence-corrected chi connectivity index (χ2v) is 10.5. The Kier molecular flexibility index (Phi) is 7.56. The van der Waals surface area contributed by atoms with Gasteiger partial charge in [-0.1, -0.05) is 41.9 Å². The van der Waals surface area contributed by atoms with E-state index >= 15 is 0 Å². The van der Waals surface area contributed by atoms with E-state index in [0.717, 1.165) is 33.3 Å². The molecule has 1 atom stereocenters. The lowest BCUT2D eigenvalue weighted by Crippen LogP contribution is -2.49. The molecule has 3 heterocycles. The molecule has 5 rings (SSSR count). The molecular weight excluding hydrogens is 543 g/mol. The normalized spacial score (nSPS) is 18.9. The van der Waals surface area contributed by atoms with Crippen LogP contribution in [0.3, 0.4) is 0 Å². The highest BCUT2D eigenvalue weighted by molar-refractivity contribution is 6.31. The van der Waals surface area contributed by atoms with Crippen LogP contribution in [0.4, 0.5) is 27.6 Å². The molecule has 1 aromatic heterocycles. The Balaban J connectivity index is 1.36. The van der Waals surface area contributed by atoms with Crippen molar-refractivity contribution in [1.29, 1.82) is 0 Å². The Labute approximate surface area is 226 Å². The molecule has 2 saturated heterocycles. The van der Waals surface area contributed by atoms with Crippen LogP contribution in [-0.2, 0) is 0 Å². The second kappa shape index (κ2) is 10.8. The minimum Gasteiger partial charge on any atom is -0.478 e. The highest BCUT2D eigenvalue weighted by Crippen LogP contribution is 2.38. The van der Waals surface area contributed by atoms with Crippen molar-refractivity contribution in [3.8, 4) is 11.1 Å². The maximum atomic E-state index is 13.8. The minimum absolute atomic E-state index is 0.0442. The van der Waals surface area contributed by atoms with E-state index in [0.29, 0.717) is 44.0 Å². The standard InChI is InChI=1S/C27H26ClF5N4O2/c28-19-7-8-21(17-5-3-16(4-6-17)18-12-35(13-18)15-27(31,32)33)23(10-19)36-9-1-2-20(14-36)37-24(25(29)30)22(11-34-37)26(38)39/h3-8,10-11,18,20,25H,1-2,9,12-15H2,(H,38,39). The Hall–Kier alpha value is -3.18. The number of alkyl halides is 5. The fraction of sp³-hybridized carbons (Fsp3) is 0.407. The predicted molar refractivity (Wildman–Crippen MR) is 137 cm³/mol. The van der Waals surface area contributed by atoms with E-state index in [1.54, 1.807) is 6.07 Å². The van der Waals surface area contributed by atoms with Crippen molar-refractivity contribution in [2.24, 2.45) is 0 Å². The van der Waals surface area contributed by atoms with Crippen LogP contribution in [0.5, 0.6) is 0 Å². The lowest BCUT2D eigenvalue weighted by atomic mass is 9.90. The summed E-state index contributed by atoms with van der Waals surface area (Å²) in [4.78, 5) is 14.9. The smallest absolute Gasteiger partial charge is 0.401 e. The number of hydrogen-bond donors (Lipinski definition) is 1. The summed E-state index contributed by atoms with van der Waals surface area (Å²) in [6, 6.07) is 12.7. The van der Waals surface area contributed by atoms with Gasteiger partial charge in [-0.15, -0.1) is 0 Å². The van der Waals surface area contributed by atoms with Crippen molar-refractivity contribution in [1.82, 2.24) is 14.7 Å².